The fraction of sp³-hybridized carbons (Fsp3) is 0.588. The number of pyridine rings is 1. The second-order valence-corrected chi connectivity index (χ2v) is 13.2. The number of carbonyl (C=O) groups excluding carboxylic acids is 1. The van der Waals surface area contributed by atoms with E-state index >= 15 is 0 Å². The third-order valence-corrected chi connectivity index (χ3v) is 10.6. The van der Waals surface area contributed by atoms with Crippen molar-refractivity contribution < 1.29 is 32.5 Å². The van der Waals surface area contributed by atoms with Crippen LogP contribution in [0, 0.1) is 11.8 Å². The van der Waals surface area contributed by atoms with Crippen LogP contribution in [0.2, 0.25) is 0 Å². The van der Waals surface area contributed by atoms with Crippen molar-refractivity contribution in [3.63, 3.8) is 0 Å². The monoisotopic (exact) mass is 613 g/mol. The molecule has 10 heteroatoms. The predicted octanol–water partition coefficient (Wildman–Crippen LogP) is 5.85. The van der Waals surface area contributed by atoms with Crippen LogP contribution in [0.3, 0.4) is 0 Å². The molecule has 1 N–H and O–H groups in total. The summed E-state index contributed by atoms with van der Waals surface area (Å²) in [6.07, 6.45) is 2.76. The molecule has 3 fully saturated rings. The number of ether oxygens (including phenoxy) is 2. The fourth-order valence-electron chi connectivity index (χ4n) is 8.17. The fourth-order valence-corrected chi connectivity index (χ4v) is 8.17. The number of aliphatic hydroxyl groups is 1. The Morgan fingerprint density at radius 3 is 2.45 bits per heavy atom. The molecule has 2 saturated heterocycles. The summed E-state index contributed by atoms with van der Waals surface area (Å²) >= 11 is 0. The molecule has 4 aliphatic rings. The third-order valence-electron chi connectivity index (χ3n) is 10.6. The number of allylic oxidation sites excluding steroid dienone is 1. The quantitative estimate of drug-likeness (QED) is 0.467. The van der Waals surface area contributed by atoms with Crippen molar-refractivity contribution in [3.8, 4) is 5.88 Å². The van der Waals surface area contributed by atoms with Gasteiger partial charge in [-0.15, -0.1) is 0 Å². The number of alkyl halides is 3. The van der Waals surface area contributed by atoms with Crippen molar-refractivity contribution in [2.45, 2.75) is 88.3 Å². The van der Waals surface area contributed by atoms with Crippen molar-refractivity contribution in [3.05, 3.63) is 71.1 Å². The van der Waals surface area contributed by atoms with E-state index in [-0.39, 0.29) is 24.3 Å². The van der Waals surface area contributed by atoms with Crippen molar-refractivity contribution in [1.82, 2.24) is 14.8 Å². The molecule has 0 bridgehead atoms. The minimum atomic E-state index is -4.42. The number of hydrogen-bond acceptors (Lipinski definition) is 6. The topological polar surface area (TPSA) is 75.1 Å². The molecule has 1 amide bonds. The van der Waals surface area contributed by atoms with Crippen LogP contribution in [0.4, 0.5) is 13.2 Å². The van der Waals surface area contributed by atoms with Gasteiger partial charge in [-0.1, -0.05) is 19.6 Å². The first kappa shape index (κ1) is 30.9. The first-order valence-corrected chi connectivity index (χ1v) is 15.7. The summed E-state index contributed by atoms with van der Waals surface area (Å²) in [6.45, 7) is 8.42. The van der Waals surface area contributed by atoms with E-state index in [4.69, 9.17) is 9.47 Å². The van der Waals surface area contributed by atoms with Crippen LogP contribution in [0.1, 0.15) is 74.1 Å². The molecule has 1 aromatic heterocycles. The molecule has 1 aliphatic carbocycles. The van der Waals surface area contributed by atoms with Crippen LogP contribution in [0.15, 0.2) is 48.9 Å². The minimum Gasteiger partial charge on any atom is -0.491 e. The van der Waals surface area contributed by atoms with E-state index in [0.717, 1.165) is 43.1 Å². The second kappa shape index (κ2) is 11.7. The molecule has 2 atom stereocenters. The third kappa shape index (κ3) is 5.83. The number of fused-ring (bicyclic) bond motifs is 1. The van der Waals surface area contributed by atoms with Gasteiger partial charge in [0.15, 0.2) is 0 Å². The van der Waals surface area contributed by atoms with E-state index in [9.17, 15) is 23.1 Å². The highest BCUT2D eigenvalue weighted by Gasteiger charge is 2.54. The number of benzene rings is 1. The maximum atomic E-state index is 14.2. The molecule has 3 aliphatic heterocycles. The standard InChI is InChI=1S/C34H42F3N3O4/c1-22-18-23(2)44-33(30(22)31(41)40-15-10-24-4-5-26(34(35,36)37)19-25(24)21-40)13-16-39(17-14-33)28-8-11-32(42,12-9-28)27-6-7-29(43-3)38-20-27/h4-7,19-20,22,28,30,42H,2,8-18,21H2,1,3H3. The van der Waals surface area contributed by atoms with Gasteiger partial charge < -0.3 is 24.4 Å². The highest BCUT2D eigenvalue weighted by atomic mass is 19.4. The second-order valence-electron chi connectivity index (χ2n) is 13.2. The molecule has 2 unspecified atom stereocenters. The Morgan fingerprint density at radius 2 is 1.82 bits per heavy atom. The Balaban J connectivity index is 1.13. The molecular weight excluding hydrogens is 571 g/mol. The lowest BCUT2D eigenvalue weighted by atomic mass is 9.68. The summed E-state index contributed by atoms with van der Waals surface area (Å²) in [6, 6.07) is 7.88. The molecule has 6 rings (SSSR count). The summed E-state index contributed by atoms with van der Waals surface area (Å²) in [7, 11) is 1.57. The number of nitrogens with zero attached hydrogens (tertiary/aromatic N) is 3. The van der Waals surface area contributed by atoms with E-state index in [2.05, 4.69) is 23.4 Å². The van der Waals surface area contributed by atoms with Crippen LogP contribution in [-0.4, -0.2) is 64.2 Å². The predicted molar refractivity (Wildman–Crippen MR) is 159 cm³/mol. The number of methoxy groups -OCH3 is 1. The van der Waals surface area contributed by atoms with Gasteiger partial charge in [-0.05, 0) is 67.3 Å². The molecule has 238 valence electrons. The van der Waals surface area contributed by atoms with Gasteiger partial charge >= 0.3 is 6.18 Å². The normalized spacial score (nSPS) is 29.2. The van der Waals surface area contributed by atoms with Crippen LogP contribution < -0.4 is 4.74 Å². The number of rotatable bonds is 4. The van der Waals surface area contributed by atoms with Crippen molar-refractivity contribution >= 4 is 5.91 Å². The van der Waals surface area contributed by atoms with Gasteiger partial charge in [0.2, 0.25) is 11.8 Å². The number of hydrogen-bond donors (Lipinski definition) is 1. The van der Waals surface area contributed by atoms with Gasteiger partial charge in [0.25, 0.3) is 0 Å². The zero-order valence-electron chi connectivity index (χ0n) is 25.5. The van der Waals surface area contributed by atoms with E-state index in [1.165, 1.54) is 6.07 Å². The van der Waals surface area contributed by atoms with Gasteiger partial charge in [0.05, 0.1) is 30.0 Å². The highest BCUT2D eigenvalue weighted by Crippen LogP contribution is 2.48. The summed E-state index contributed by atoms with van der Waals surface area (Å²) in [5, 5.41) is 11.4. The molecule has 1 saturated carbocycles. The first-order chi connectivity index (χ1) is 20.9. The van der Waals surface area contributed by atoms with E-state index in [1.54, 1.807) is 30.3 Å². The van der Waals surface area contributed by atoms with E-state index < -0.39 is 22.9 Å². The van der Waals surface area contributed by atoms with Gasteiger partial charge in [-0.3, -0.25) is 4.79 Å². The van der Waals surface area contributed by atoms with Crippen molar-refractivity contribution in [1.29, 1.82) is 0 Å². The molecular formula is C34H42F3N3O4. The number of likely N-dealkylation sites (tertiary alicyclic amines) is 1. The largest absolute Gasteiger partial charge is 0.491 e. The summed E-state index contributed by atoms with van der Waals surface area (Å²) in [4.78, 5) is 22.7. The Bertz CT molecular complexity index is 1380. The van der Waals surface area contributed by atoms with Crippen molar-refractivity contribution in [2.75, 3.05) is 26.7 Å². The molecule has 1 spiro atoms. The number of piperidine rings is 1. The van der Waals surface area contributed by atoms with Crippen molar-refractivity contribution in [2.24, 2.45) is 11.8 Å². The molecule has 1 aromatic carbocycles. The summed E-state index contributed by atoms with van der Waals surface area (Å²) < 4.78 is 51.9. The lowest BCUT2D eigenvalue weighted by Gasteiger charge is -2.53. The Labute approximate surface area is 257 Å². The lowest BCUT2D eigenvalue weighted by Crippen LogP contribution is -2.60. The number of aromatic nitrogens is 1. The number of carbonyl (C=O) groups is 1. The summed E-state index contributed by atoms with van der Waals surface area (Å²) in [5.74, 6) is 0.817. The maximum Gasteiger partial charge on any atom is 0.416 e. The van der Waals surface area contributed by atoms with Gasteiger partial charge in [-0.25, -0.2) is 4.98 Å². The Morgan fingerprint density at radius 1 is 1.09 bits per heavy atom. The minimum absolute atomic E-state index is 0.0148. The van der Waals surface area contributed by atoms with Gasteiger partial charge in [-0.2, -0.15) is 13.2 Å². The first-order valence-electron chi connectivity index (χ1n) is 15.7. The lowest BCUT2D eigenvalue weighted by molar-refractivity contribution is -0.171. The van der Waals surface area contributed by atoms with Crippen LogP contribution in [0.25, 0.3) is 0 Å². The zero-order chi connectivity index (χ0) is 31.3. The average Bonchev–Trinajstić information content (AvgIpc) is 3.00. The number of amides is 1. The SMILES string of the molecule is C=C1CC(C)C(C(=O)N2CCc3ccc(C(F)(F)F)cc3C2)C2(CCN(C3CCC(O)(c4ccc(OC)nc4)CC3)CC2)O1. The average molecular weight is 614 g/mol. The van der Waals surface area contributed by atoms with E-state index in [1.807, 2.05) is 6.07 Å². The molecule has 0 radical (unpaired) electrons. The zero-order valence-corrected chi connectivity index (χ0v) is 25.5. The smallest absolute Gasteiger partial charge is 0.416 e. The van der Waals surface area contributed by atoms with Gasteiger partial charge in [0, 0.05) is 69.3 Å². The van der Waals surface area contributed by atoms with Crippen LogP contribution >= 0.6 is 0 Å². The molecule has 7 nitrogen and oxygen atoms in total. The molecule has 4 heterocycles. The van der Waals surface area contributed by atoms with E-state index in [0.29, 0.717) is 68.3 Å². The highest BCUT2D eigenvalue weighted by molar-refractivity contribution is 5.81. The Hall–Kier alpha value is -3.11. The Kier molecular flexibility index (Phi) is 8.20. The summed E-state index contributed by atoms with van der Waals surface area (Å²) in [5.41, 5.74) is -0.0113. The van der Waals surface area contributed by atoms with Crippen LogP contribution in [0.5, 0.6) is 5.88 Å². The molecule has 44 heavy (non-hydrogen) atoms. The van der Waals surface area contributed by atoms with Gasteiger partial charge in [0.1, 0.15) is 5.60 Å². The van der Waals surface area contributed by atoms with Crippen LogP contribution in [-0.2, 0) is 34.3 Å². The number of halogens is 3. The maximum absolute atomic E-state index is 14.2. The molecule has 2 aromatic rings.